The molecule has 1 aromatic carbocycles. The Bertz CT molecular complexity index is 905. The summed E-state index contributed by atoms with van der Waals surface area (Å²) < 4.78 is 6.32. The van der Waals surface area contributed by atoms with Crippen molar-refractivity contribution in [3.05, 3.63) is 29.5 Å². The van der Waals surface area contributed by atoms with Crippen LogP contribution in [0.1, 0.15) is 0 Å². The molecule has 0 saturated carbocycles. The van der Waals surface area contributed by atoms with E-state index in [1.54, 1.807) is 29.5 Å². The van der Waals surface area contributed by atoms with Gasteiger partial charge in [-0.25, -0.2) is 4.98 Å². The van der Waals surface area contributed by atoms with Crippen LogP contribution in [-0.2, 0) is 4.74 Å². The highest BCUT2D eigenvalue weighted by Crippen LogP contribution is 2.31. The number of hydrogen-bond acceptors (Lipinski definition) is 8. The summed E-state index contributed by atoms with van der Waals surface area (Å²) in [5, 5.41) is 30.6. The highest BCUT2D eigenvalue weighted by molar-refractivity contribution is 7.22. The lowest BCUT2D eigenvalue weighted by Crippen LogP contribution is -2.36. The molecule has 2 aromatic rings. The number of rotatable bonds is 3. The second-order valence-electron chi connectivity index (χ2n) is 4.99. The van der Waals surface area contributed by atoms with Gasteiger partial charge in [0.05, 0.1) is 23.4 Å². The van der Waals surface area contributed by atoms with E-state index in [2.05, 4.69) is 15.2 Å². The second kappa shape index (κ2) is 6.97. The van der Waals surface area contributed by atoms with Crippen molar-refractivity contribution in [3.63, 3.8) is 0 Å². The fourth-order valence-electron chi connectivity index (χ4n) is 2.31. The van der Waals surface area contributed by atoms with E-state index in [0.717, 1.165) is 28.4 Å². The van der Waals surface area contributed by atoms with Gasteiger partial charge in [0.25, 0.3) is 0 Å². The van der Waals surface area contributed by atoms with Gasteiger partial charge in [-0.1, -0.05) is 11.3 Å². The molecule has 0 unspecified atom stereocenters. The van der Waals surface area contributed by atoms with Gasteiger partial charge in [0.2, 0.25) is 0 Å². The third-order valence-corrected chi connectivity index (χ3v) is 4.59. The summed E-state index contributed by atoms with van der Waals surface area (Å²) in [7, 11) is 0. The van der Waals surface area contributed by atoms with E-state index in [9.17, 15) is 0 Å². The number of benzene rings is 1. The Labute approximate surface area is 142 Å². The van der Waals surface area contributed by atoms with Crippen molar-refractivity contribution in [2.24, 2.45) is 0 Å². The van der Waals surface area contributed by atoms with Crippen LogP contribution in [0.3, 0.4) is 0 Å². The third kappa shape index (κ3) is 3.13. The van der Waals surface area contributed by atoms with Crippen LogP contribution in [-0.4, -0.2) is 31.3 Å². The molecule has 1 N–H and O–H groups in total. The molecule has 0 aliphatic carbocycles. The number of nitriles is 3. The molecular weight excluding hydrogens is 324 g/mol. The number of thiazole rings is 1. The molecule has 0 amide bonds. The highest BCUT2D eigenvalue weighted by Gasteiger charge is 2.15. The molecular formula is C16H12N6OS. The maximum absolute atomic E-state index is 9.11. The molecule has 7 nitrogen and oxygen atoms in total. The van der Waals surface area contributed by atoms with Crippen molar-refractivity contribution in [1.29, 1.82) is 15.8 Å². The van der Waals surface area contributed by atoms with Gasteiger partial charge in [0.1, 0.15) is 23.9 Å². The first kappa shape index (κ1) is 15.8. The highest BCUT2D eigenvalue weighted by atomic mass is 32.1. The van der Waals surface area contributed by atoms with Crippen LogP contribution in [0.25, 0.3) is 10.2 Å². The van der Waals surface area contributed by atoms with Gasteiger partial charge in [-0.2, -0.15) is 15.8 Å². The number of nitrogens with one attached hydrogen (secondary N) is 1. The molecule has 8 heteroatoms. The van der Waals surface area contributed by atoms with Crippen molar-refractivity contribution in [1.82, 2.24) is 4.98 Å². The zero-order valence-corrected chi connectivity index (χ0v) is 13.4. The fourth-order valence-corrected chi connectivity index (χ4v) is 3.36. The Balaban J connectivity index is 1.89. The summed E-state index contributed by atoms with van der Waals surface area (Å²) in [6.45, 7) is 3.04. The Morgan fingerprint density at radius 1 is 1.17 bits per heavy atom. The average molecular weight is 336 g/mol. The molecule has 1 aliphatic heterocycles. The smallest absolute Gasteiger partial charge is 0.186 e. The van der Waals surface area contributed by atoms with E-state index in [-0.39, 0.29) is 11.3 Å². The van der Waals surface area contributed by atoms with Crippen LogP contribution in [0.2, 0.25) is 0 Å². The van der Waals surface area contributed by atoms with Gasteiger partial charge < -0.3 is 15.0 Å². The molecule has 0 bridgehead atoms. The summed E-state index contributed by atoms with van der Waals surface area (Å²) in [6.07, 6.45) is 0. The molecule has 1 saturated heterocycles. The van der Waals surface area contributed by atoms with Crippen molar-refractivity contribution >= 4 is 32.4 Å². The number of allylic oxidation sites excluding steroid dienone is 2. The molecule has 118 valence electrons. The molecule has 0 radical (unpaired) electrons. The molecule has 3 rings (SSSR count). The number of anilines is 2. The van der Waals surface area contributed by atoms with E-state index >= 15 is 0 Å². The molecule has 0 spiro atoms. The Hall–Kier alpha value is -3.12. The van der Waals surface area contributed by atoms with E-state index < -0.39 is 0 Å². The fraction of sp³-hybridized carbons (Fsp3) is 0.250. The minimum absolute atomic E-state index is 0.0581. The standard InChI is InChI=1S/C16H12N6OS/c17-8-11(9-18)14(10-19)20-12-1-2-13-15(7-12)24-16(21-13)22-3-5-23-6-4-22/h1-2,7,20H,3-6H2. The van der Waals surface area contributed by atoms with Crippen molar-refractivity contribution < 1.29 is 4.74 Å². The summed E-state index contributed by atoms with van der Waals surface area (Å²) in [6, 6.07) is 10.8. The predicted octanol–water partition coefficient (Wildman–Crippen LogP) is 2.37. The predicted molar refractivity (Wildman–Crippen MR) is 90.1 cm³/mol. The number of ether oxygens (including phenoxy) is 1. The molecule has 2 heterocycles. The third-order valence-electron chi connectivity index (χ3n) is 3.51. The minimum Gasteiger partial charge on any atom is -0.378 e. The topological polar surface area (TPSA) is 109 Å². The van der Waals surface area contributed by atoms with Gasteiger partial charge >= 0.3 is 0 Å². The first-order chi connectivity index (χ1) is 11.7. The second-order valence-corrected chi connectivity index (χ2v) is 6.00. The van der Waals surface area contributed by atoms with E-state index in [1.807, 2.05) is 18.2 Å². The largest absolute Gasteiger partial charge is 0.378 e. The Morgan fingerprint density at radius 3 is 2.58 bits per heavy atom. The van der Waals surface area contributed by atoms with E-state index in [4.69, 9.17) is 20.5 Å². The van der Waals surface area contributed by atoms with Gasteiger partial charge in [0, 0.05) is 18.8 Å². The zero-order chi connectivity index (χ0) is 16.9. The van der Waals surface area contributed by atoms with E-state index in [0.29, 0.717) is 18.9 Å². The average Bonchev–Trinajstić information content (AvgIpc) is 3.06. The van der Waals surface area contributed by atoms with Crippen LogP contribution in [0, 0.1) is 34.0 Å². The first-order valence-electron chi connectivity index (χ1n) is 7.20. The quantitative estimate of drug-likeness (QED) is 0.857. The van der Waals surface area contributed by atoms with Crippen LogP contribution >= 0.6 is 11.3 Å². The van der Waals surface area contributed by atoms with Crippen LogP contribution in [0.4, 0.5) is 10.8 Å². The lowest BCUT2D eigenvalue weighted by molar-refractivity contribution is 0.122. The summed E-state index contributed by atoms with van der Waals surface area (Å²) in [4.78, 5) is 6.81. The molecule has 0 atom stereocenters. The summed E-state index contributed by atoms with van der Waals surface area (Å²) in [5.74, 6) is 0. The van der Waals surface area contributed by atoms with Crippen molar-refractivity contribution in [2.45, 2.75) is 0 Å². The van der Waals surface area contributed by atoms with Gasteiger partial charge in [0.15, 0.2) is 10.7 Å². The summed E-state index contributed by atoms with van der Waals surface area (Å²) in [5.41, 5.74) is 1.21. The van der Waals surface area contributed by atoms with Crippen LogP contribution in [0.5, 0.6) is 0 Å². The lowest BCUT2D eigenvalue weighted by Gasteiger charge is -2.25. The number of aromatic nitrogens is 1. The molecule has 1 aliphatic rings. The number of hydrogen-bond donors (Lipinski definition) is 1. The number of morpholine rings is 1. The zero-order valence-electron chi connectivity index (χ0n) is 12.6. The van der Waals surface area contributed by atoms with Crippen molar-refractivity contribution in [2.75, 3.05) is 36.5 Å². The van der Waals surface area contributed by atoms with Crippen LogP contribution in [0.15, 0.2) is 29.5 Å². The van der Waals surface area contributed by atoms with E-state index in [1.165, 1.54) is 0 Å². The molecule has 1 aromatic heterocycles. The molecule has 24 heavy (non-hydrogen) atoms. The maximum atomic E-state index is 9.11. The normalized spacial score (nSPS) is 13.6. The number of nitrogens with zero attached hydrogens (tertiary/aromatic N) is 5. The minimum atomic E-state index is -0.240. The Morgan fingerprint density at radius 2 is 1.92 bits per heavy atom. The Kier molecular flexibility index (Phi) is 4.58. The van der Waals surface area contributed by atoms with Crippen LogP contribution < -0.4 is 10.2 Å². The monoisotopic (exact) mass is 336 g/mol. The van der Waals surface area contributed by atoms with Gasteiger partial charge in [-0.15, -0.1) is 0 Å². The lowest BCUT2D eigenvalue weighted by atomic mass is 10.2. The molecule has 1 fully saturated rings. The number of fused-ring (bicyclic) bond motifs is 1. The SMILES string of the molecule is N#CC(C#N)=C(C#N)Nc1ccc2nc(N3CCOCC3)sc2c1. The summed E-state index contributed by atoms with van der Waals surface area (Å²) >= 11 is 1.56. The van der Waals surface area contributed by atoms with Gasteiger partial charge in [-0.3, -0.25) is 0 Å². The van der Waals surface area contributed by atoms with Crippen molar-refractivity contribution in [3.8, 4) is 18.2 Å². The first-order valence-corrected chi connectivity index (χ1v) is 8.01. The van der Waals surface area contributed by atoms with Gasteiger partial charge in [-0.05, 0) is 18.2 Å². The maximum Gasteiger partial charge on any atom is 0.186 e.